The fourth-order valence-corrected chi connectivity index (χ4v) is 1.35. The molecule has 0 saturated heterocycles. The van der Waals surface area contributed by atoms with Gasteiger partial charge in [-0.2, -0.15) is 0 Å². The molecule has 0 rings (SSSR count). The fraction of sp³-hybridized carbons (Fsp3) is 0.833. The summed E-state index contributed by atoms with van der Waals surface area (Å²) in [6.07, 6.45) is 10.0. The molecule has 3 heteroatoms. The van der Waals surface area contributed by atoms with Crippen LogP contribution in [0, 0.1) is 0 Å². The van der Waals surface area contributed by atoms with Crippen LogP contribution in [-0.2, 0) is 9.47 Å². The van der Waals surface area contributed by atoms with Gasteiger partial charge in [0.25, 0.3) is 0 Å². The maximum absolute atomic E-state index is 5.31. The number of allylic oxidation sites excluding steroid dienone is 1. The van der Waals surface area contributed by atoms with Crippen LogP contribution in [0.2, 0.25) is 0 Å². The van der Waals surface area contributed by atoms with E-state index in [1.54, 1.807) is 0 Å². The van der Waals surface area contributed by atoms with Crippen molar-refractivity contribution in [3.8, 4) is 0 Å². The highest BCUT2D eigenvalue weighted by molar-refractivity contribution is 9.09. The Labute approximate surface area is 102 Å². The van der Waals surface area contributed by atoms with Gasteiger partial charge in [-0.05, 0) is 19.3 Å². The highest BCUT2D eigenvalue weighted by Crippen LogP contribution is 1.95. The third kappa shape index (κ3) is 14.1. The quantitative estimate of drug-likeness (QED) is 0.247. The van der Waals surface area contributed by atoms with E-state index in [4.69, 9.17) is 9.47 Å². The van der Waals surface area contributed by atoms with Crippen molar-refractivity contribution in [2.24, 2.45) is 0 Å². The molecule has 15 heavy (non-hydrogen) atoms. The lowest BCUT2D eigenvalue weighted by Crippen LogP contribution is -2.02. The number of alkyl halides is 1. The molecule has 0 atom stereocenters. The molecule has 0 aliphatic rings. The topological polar surface area (TPSA) is 18.5 Å². The molecule has 0 radical (unpaired) electrons. The smallest absolute Gasteiger partial charge is 0.146 e. The molecular formula is C12H23BrO2. The van der Waals surface area contributed by atoms with E-state index in [0.29, 0.717) is 6.79 Å². The summed E-state index contributed by atoms with van der Waals surface area (Å²) in [5.41, 5.74) is 0. The second kappa shape index (κ2) is 14.1. The number of unbranched alkanes of at least 4 members (excludes halogenated alkanes) is 2. The molecular weight excluding hydrogens is 256 g/mol. The summed E-state index contributed by atoms with van der Waals surface area (Å²) in [4.78, 5) is 0. The van der Waals surface area contributed by atoms with Gasteiger partial charge in [-0.1, -0.05) is 47.8 Å². The van der Waals surface area contributed by atoms with E-state index in [1.165, 1.54) is 12.8 Å². The van der Waals surface area contributed by atoms with Crippen LogP contribution in [0.1, 0.15) is 39.0 Å². The lowest BCUT2D eigenvalue weighted by molar-refractivity contribution is -0.0531. The average Bonchev–Trinajstić information content (AvgIpc) is 2.26. The van der Waals surface area contributed by atoms with Gasteiger partial charge in [0.15, 0.2) is 0 Å². The van der Waals surface area contributed by atoms with Crippen molar-refractivity contribution in [2.45, 2.75) is 39.0 Å². The second-order valence-electron chi connectivity index (χ2n) is 3.38. The standard InChI is InChI=1S/C12H23BrO2/c1-2-3-7-10-14-12-15-11-8-5-4-6-9-13/h4-5H,2-3,6-12H2,1H3/b5-4-. The third-order valence-electron chi connectivity index (χ3n) is 1.93. The van der Waals surface area contributed by atoms with Crippen molar-refractivity contribution in [3.63, 3.8) is 0 Å². The number of halogens is 1. The summed E-state index contributed by atoms with van der Waals surface area (Å²) in [7, 11) is 0. The van der Waals surface area contributed by atoms with Crippen LogP contribution < -0.4 is 0 Å². The Bertz CT molecular complexity index is 138. The molecule has 0 aliphatic heterocycles. The van der Waals surface area contributed by atoms with Gasteiger partial charge in [-0.3, -0.25) is 0 Å². The van der Waals surface area contributed by atoms with E-state index in [1.807, 2.05) is 0 Å². The first kappa shape index (κ1) is 15.1. The van der Waals surface area contributed by atoms with E-state index in [2.05, 4.69) is 35.0 Å². The van der Waals surface area contributed by atoms with Crippen molar-refractivity contribution in [1.82, 2.24) is 0 Å². The van der Waals surface area contributed by atoms with E-state index in [-0.39, 0.29) is 0 Å². The van der Waals surface area contributed by atoms with Gasteiger partial charge in [0, 0.05) is 11.9 Å². The largest absolute Gasteiger partial charge is 0.355 e. The Morgan fingerprint density at radius 2 is 1.73 bits per heavy atom. The van der Waals surface area contributed by atoms with Gasteiger partial charge in [0.1, 0.15) is 6.79 Å². The number of hydrogen-bond donors (Lipinski definition) is 0. The molecule has 0 saturated carbocycles. The maximum atomic E-state index is 5.31. The van der Waals surface area contributed by atoms with Gasteiger partial charge in [0.05, 0.1) is 6.61 Å². The number of hydrogen-bond acceptors (Lipinski definition) is 2. The fourth-order valence-electron chi connectivity index (χ4n) is 1.08. The van der Waals surface area contributed by atoms with E-state index < -0.39 is 0 Å². The van der Waals surface area contributed by atoms with Gasteiger partial charge >= 0.3 is 0 Å². The van der Waals surface area contributed by atoms with E-state index in [0.717, 1.165) is 37.8 Å². The molecule has 0 heterocycles. The SMILES string of the molecule is CCCCCOCOCC/C=C\CCBr. The van der Waals surface area contributed by atoms with Crippen molar-refractivity contribution >= 4 is 15.9 Å². The summed E-state index contributed by atoms with van der Waals surface area (Å²) >= 11 is 3.37. The first-order valence-corrected chi connectivity index (χ1v) is 6.90. The van der Waals surface area contributed by atoms with Crippen molar-refractivity contribution in [2.75, 3.05) is 25.3 Å². The predicted octanol–water partition coefficient (Wildman–Crippen LogP) is 3.90. The van der Waals surface area contributed by atoms with Crippen LogP contribution in [-0.4, -0.2) is 25.3 Å². The summed E-state index contributed by atoms with van der Waals surface area (Å²) in [5, 5.41) is 1.03. The number of rotatable bonds is 11. The van der Waals surface area contributed by atoms with Crippen molar-refractivity contribution in [1.29, 1.82) is 0 Å². The van der Waals surface area contributed by atoms with Gasteiger partial charge in [-0.15, -0.1) is 0 Å². The Balaban J connectivity index is 2.92. The van der Waals surface area contributed by atoms with E-state index >= 15 is 0 Å². The van der Waals surface area contributed by atoms with Crippen LogP contribution in [0.5, 0.6) is 0 Å². The zero-order valence-electron chi connectivity index (χ0n) is 9.71. The minimum absolute atomic E-state index is 0.440. The minimum atomic E-state index is 0.440. The van der Waals surface area contributed by atoms with Gasteiger partial charge < -0.3 is 9.47 Å². The van der Waals surface area contributed by atoms with Crippen LogP contribution in [0.15, 0.2) is 12.2 Å². The molecule has 0 fully saturated rings. The Morgan fingerprint density at radius 3 is 2.47 bits per heavy atom. The van der Waals surface area contributed by atoms with Crippen LogP contribution >= 0.6 is 15.9 Å². The summed E-state index contributed by atoms with van der Waals surface area (Å²) < 4.78 is 10.6. The second-order valence-corrected chi connectivity index (χ2v) is 4.17. The molecule has 0 amide bonds. The molecule has 0 aromatic rings. The lowest BCUT2D eigenvalue weighted by Gasteiger charge is -2.03. The lowest BCUT2D eigenvalue weighted by atomic mass is 10.3. The van der Waals surface area contributed by atoms with Crippen LogP contribution in [0.25, 0.3) is 0 Å². The molecule has 0 unspecified atom stereocenters. The van der Waals surface area contributed by atoms with Crippen LogP contribution in [0.4, 0.5) is 0 Å². The maximum Gasteiger partial charge on any atom is 0.146 e. The average molecular weight is 279 g/mol. The Morgan fingerprint density at radius 1 is 1.00 bits per heavy atom. The number of ether oxygens (including phenoxy) is 2. The predicted molar refractivity (Wildman–Crippen MR) is 68.5 cm³/mol. The van der Waals surface area contributed by atoms with Crippen molar-refractivity contribution in [3.05, 3.63) is 12.2 Å². The van der Waals surface area contributed by atoms with Gasteiger partial charge in [-0.25, -0.2) is 0 Å². The molecule has 0 spiro atoms. The highest BCUT2D eigenvalue weighted by atomic mass is 79.9. The zero-order chi connectivity index (χ0) is 11.2. The monoisotopic (exact) mass is 278 g/mol. The Kier molecular flexibility index (Phi) is 14.3. The van der Waals surface area contributed by atoms with Crippen molar-refractivity contribution < 1.29 is 9.47 Å². The normalized spacial score (nSPS) is 11.3. The zero-order valence-corrected chi connectivity index (χ0v) is 11.3. The van der Waals surface area contributed by atoms with Crippen LogP contribution in [0.3, 0.4) is 0 Å². The molecule has 0 aromatic heterocycles. The minimum Gasteiger partial charge on any atom is -0.355 e. The van der Waals surface area contributed by atoms with Gasteiger partial charge in [0.2, 0.25) is 0 Å². The summed E-state index contributed by atoms with van der Waals surface area (Å²) in [5.74, 6) is 0. The molecule has 0 aliphatic carbocycles. The molecule has 2 nitrogen and oxygen atoms in total. The molecule has 90 valence electrons. The molecule has 0 N–H and O–H groups in total. The summed E-state index contributed by atoms with van der Waals surface area (Å²) in [6, 6.07) is 0. The molecule has 0 aromatic carbocycles. The highest BCUT2D eigenvalue weighted by Gasteiger charge is 1.88. The van der Waals surface area contributed by atoms with E-state index in [9.17, 15) is 0 Å². The molecule has 0 bridgehead atoms. The first-order chi connectivity index (χ1) is 7.41. The summed E-state index contributed by atoms with van der Waals surface area (Å²) in [6.45, 7) is 4.21. The Hall–Kier alpha value is 0.140. The third-order valence-corrected chi connectivity index (χ3v) is 2.39. The first-order valence-electron chi connectivity index (χ1n) is 5.78.